The average Bonchev–Trinajstić information content (AvgIpc) is 3.39. The summed E-state index contributed by atoms with van der Waals surface area (Å²) in [6.07, 6.45) is 0.990. The van der Waals surface area contributed by atoms with E-state index in [1.165, 1.54) is 11.3 Å². The van der Waals surface area contributed by atoms with Gasteiger partial charge in [0.15, 0.2) is 0 Å². The Morgan fingerprint density at radius 3 is 2.53 bits per heavy atom. The SMILES string of the molecule is COc1ccc(C2(C)NC(=O)N(CC(=O)Nc3ccccc3CN3CCc4ccccc43)C2=O)cc1. The summed E-state index contributed by atoms with van der Waals surface area (Å²) in [5.41, 5.74) is 3.50. The lowest BCUT2D eigenvalue weighted by atomic mass is 9.92. The first kappa shape index (κ1) is 23.4. The van der Waals surface area contributed by atoms with Crippen LogP contribution < -0.4 is 20.3 Å². The maximum absolute atomic E-state index is 13.2. The summed E-state index contributed by atoms with van der Waals surface area (Å²) in [6.45, 7) is 2.81. The van der Waals surface area contributed by atoms with Crippen molar-refractivity contribution in [3.8, 4) is 5.75 Å². The molecule has 1 saturated heterocycles. The van der Waals surface area contributed by atoms with E-state index in [1.807, 2.05) is 36.4 Å². The van der Waals surface area contributed by atoms with Crippen molar-refractivity contribution in [2.24, 2.45) is 0 Å². The fraction of sp³-hybridized carbons (Fsp3) is 0.250. The van der Waals surface area contributed by atoms with Crippen LogP contribution in [0.4, 0.5) is 16.2 Å². The first-order valence-corrected chi connectivity index (χ1v) is 11.9. The zero-order valence-corrected chi connectivity index (χ0v) is 20.3. The van der Waals surface area contributed by atoms with Crippen LogP contribution >= 0.6 is 0 Å². The first-order valence-electron chi connectivity index (χ1n) is 11.9. The van der Waals surface area contributed by atoms with Crippen LogP contribution in [0.2, 0.25) is 0 Å². The molecule has 3 aromatic rings. The number of fused-ring (bicyclic) bond motifs is 1. The van der Waals surface area contributed by atoms with E-state index in [9.17, 15) is 14.4 Å². The number of nitrogens with zero attached hydrogens (tertiary/aromatic N) is 2. The number of methoxy groups -OCH3 is 1. The van der Waals surface area contributed by atoms with Crippen molar-refractivity contribution >= 4 is 29.2 Å². The van der Waals surface area contributed by atoms with Crippen molar-refractivity contribution in [3.63, 3.8) is 0 Å². The highest BCUT2D eigenvalue weighted by Gasteiger charge is 2.49. The Balaban J connectivity index is 1.28. The molecule has 0 spiro atoms. The summed E-state index contributed by atoms with van der Waals surface area (Å²) in [5, 5.41) is 5.63. The Morgan fingerprint density at radius 2 is 1.75 bits per heavy atom. The van der Waals surface area contributed by atoms with Gasteiger partial charge in [-0.05, 0) is 54.3 Å². The van der Waals surface area contributed by atoms with E-state index >= 15 is 0 Å². The van der Waals surface area contributed by atoms with Crippen molar-refractivity contribution in [1.82, 2.24) is 10.2 Å². The molecule has 5 rings (SSSR count). The molecule has 2 heterocycles. The molecule has 1 atom stereocenters. The van der Waals surface area contributed by atoms with Gasteiger partial charge in [0.1, 0.15) is 17.8 Å². The molecular weight excluding hydrogens is 456 g/mol. The fourth-order valence-corrected chi connectivity index (χ4v) is 4.85. The number of hydrogen-bond acceptors (Lipinski definition) is 5. The van der Waals surface area contributed by atoms with Crippen LogP contribution in [0.3, 0.4) is 0 Å². The van der Waals surface area contributed by atoms with Crippen LogP contribution in [0, 0.1) is 0 Å². The molecule has 8 heteroatoms. The molecule has 36 heavy (non-hydrogen) atoms. The lowest BCUT2D eigenvalue weighted by Gasteiger charge is -2.23. The highest BCUT2D eigenvalue weighted by molar-refractivity contribution is 6.10. The zero-order valence-electron chi connectivity index (χ0n) is 20.3. The Bertz CT molecular complexity index is 1320. The number of urea groups is 1. The predicted molar refractivity (Wildman–Crippen MR) is 137 cm³/mol. The number of imide groups is 1. The summed E-state index contributed by atoms with van der Waals surface area (Å²) in [7, 11) is 1.56. The summed E-state index contributed by atoms with van der Waals surface area (Å²) >= 11 is 0. The maximum atomic E-state index is 13.2. The molecule has 2 aliphatic rings. The van der Waals surface area contributed by atoms with Gasteiger partial charge in [-0.2, -0.15) is 0 Å². The Hall–Kier alpha value is -4.33. The first-order chi connectivity index (χ1) is 17.4. The summed E-state index contributed by atoms with van der Waals surface area (Å²) in [5.74, 6) is -0.270. The largest absolute Gasteiger partial charge is 0.497 e. The van der Waals surface area contributed by atoms with Gasteiger partial charge in [-0.3, -0.25) is 14.5 Å². The number of benzene rings is 3. The highest BCUT2D eigenvalue weighted by Crippen LogP contribution is 2.31. The molecule has 1 unspecified atom stereocenters. The van der Waals surface area contributed by atoms with Gasteiger partial charge in [-0.15, -0.1) is 0 Å². The molecule has 2 aliphatic heterocycles. The molecule has 0 saturated carbocycles. The summed E-state index contributed by atoms with van der Waals surface area (Å²) in [4.78, 5) is 42.1. The van der Waals surface area contributed by atoms with Gasteiger partial charge in [0.2, 0.25) is 5.91 Å². The second kappa shape index (κ2) is 9.37. The normalized spacial score (nSPS) is 18.7. The van der Waals surface area contributed by atoms with E-state index in [4.69, 9.17) is 4.74 Å². The van der Waals surface area contributed by atoms with Gasteiger partial charge >= 0.3 is 6.03 Å². The number of nitrogens with one attached hydrogen (secondary N) is 2. The standard InChI is InChI=1S/C28H28N4O4/c1-28(21-11-13-22(36-2)14-12-21)26(34)32(27(35)30-28)18-25(33)29-23-9-5-3-8-20(23)17-31-16-15-19-7-4-6-10-24(19)31/h3-14H,15-18H2,1-2H3,(H,29,33)(H,30,35). The molecule has 0 aromatic heterocycles. The minimum Gasteiger partial charge on any atom is -0.497 e. The fourth-order valence-electron chi connectivity index (χ4n) is 4.85. The molecule has 4 amide bonds. The molecular formula is C28H28N4O4. The third kappa shape index (κ3) is 4.26. The van der Waals surface area contributed by atoms with Gasteiger partial charge in [0.25, 0.3) is 5.91 Å². The molecule has 0 bridgehead atoms. The maximum Gasteiger partial charge on any atom is 0.325 e. The molecule has 0 radical (unpaired) electrons. The van der Waals surface area contributed by atoms with Crippen molar-refractivity contribution in [1.29, 1.82) is 0 Å². The van der Waals surface area contributed by atoms with Gasteiger partial charge in [-0.1, -0.05) is 48.5 Å². The third-order valence-corrected chi connectivity index (χ3v) is 6.88. The Morgan fingerprint density at radius 1 is 1.03 bits per heavy atom. The second-order valence-electron chi connectivity index (χ2n) is 9.18. The third-order valence-electron chi connectivity index (χ3n) is 6.88. The lowest BCUT2D eigenvalue weighted by Crippen LogP contribution is -2.42. The number of rotatable bonds is 7. The Labute approximate surface area is 209 Å². The van der Waals surface area contributed by atoms with E-state index in [-0.39, 0.29) is 6.54 Å². The molecule has 8 nitrogen and oxygen atoms in total. The van der Waals surface area contributed by atoms with Crippen LogP contribution in [-0.2, 0) is 28.1 Å². The van der Waals surface area contributed by atoms with Gasteiger partial charge in [-0.25, -0.2) is 4.79 Å². The van der Waals surface area contributed by atoms with Crippen molar-refractivity contribution < 1.29 is 19.1 Å². The van der Waals surface area contributed by atoms with Gasteiger partial charge in [0.05, 0.1) is 7.11 Å². The van der Waals surface area contributed by atoms with Gasteiger partial charge in [0, 0.05) is 24.5 Å². The quantitative estimate of drug-likeness (QED) is 0.500. The lowest BCUT2D eigenvalue weighted by molar-refractivity contribution is -0.133. The second-order valence-corrected chi connectivity index (χ2v) is 9.18. The van der Waals surface area contributed by atoms with E-state index in [0.717, 1.165) is 23.4 Å². The van der Waals surface area contributed by atoms with Crippen LogP contribution in [-0.4, -0.2) is 42.9 Å². The smallest absolute Gasteiger partial charge is 0.325 e. The molecule has 1 fully saturated rings. The number of hydrogen-bond donors (Lipinski definition) is 2. The number of anilines is 2. The van der Waals surface area contributed by atoms with Crippen molar-refractivity contribution in [2.75, 3.05) is 30.4 Å². The van der Waals surface area contributed by atoms with Crippen molar-refractivity contribution in [3.05, 3.63) is 89.5 Å². The van der Waals surface area contributed by atoms with E-state index < -0.39 is 23.4 Å². The van der Waals surface area contributed by atoms with Crippen LogP contribution in [0.1, 0.15) is 23.6 Å². The number of para-hydroxylation sites is 2. The average molecular weight is 485 g/mol. The molecule has 184 valence electrons. The molecule has 2 N–H and O–H groups in total. The molecule has 3 aromatic carbocycles. The van der Waals surface area contributed by atoms with E-state index in [2.05, 4.69) is 27.7 Å². The highest BCUT2D eigenvalue weighted by atomic mass is 16.5. The molecule has 0 aliphatic carbocycles. The number of ether oxygens (including phenoxy) is 1. The van der Waals surface area contributed by atoms with Gasteiger partial charge < -0.3 is 20.3 Å². The summed E-state index contributed by atoms with van der Waals surface area (Å²) < 4.78 is 5.17. The zero-order chi connectivity index (χ0) is 25.3. The van der Waals surface area contributed by atoms with Crippen molar-refractivity contribution in [2.45, 2.75) is 25.4 Å². The topological polar surface area (TPSA) is 91.0 Å². The monoisotopic (exact) mass is 484 g/mol. The number of carbonyl (C=O) groups is 3. The van der Waals surface area contributed by atoms with Crippen LogP contribution in [0.5, 0.6) is 5.75 Å². The van der Waals surface area contributed by atoms with E-state index in [1.54, 1.807) is 38.3 Å². The van der Waals surface area contributed by atoms with E-state index in [0.29, 0.717) is 23.5 Å². The van der Waals surface area contributed by atoms with Crippen LogP contribution in [0.15, 0.2) is 72.8 Å². The minimum absolute atomic E-state index is 0.378. The Kier molecular flexibility index (Phi) is 6.10. The summed E-state index contributed by atoms with van der Waals surface area (Å²) in [6, 6.07) is 22.2. The predicted octanol–water partition coefficient (Wildman–Crippen LogP) is 3.66. The minimum atomic E-state index is -1.26. The number of amides is 4. The number of carbonyl (C=O) groups excluding carboxylic acids is 3. The van der Waals surface area contributed by atoms with Crippen LogP contribution in [0.25, 0.3) is 0 Å².